The molecule has 0 aliphatic heterocycles. The van der Waals surface area contributed by atoms with Gasteiger partial charge >= 0.3 is 5.63 Å². The van der Waals surface area contributed by atoms with E-state index in [2.05, 4.69) is 31.4 Å². The van der Waals surface area contributed by atoms with Crippen LogP contribution in [0, 0.1) is 0 Å². The molecule has 0 radical (unpaired) electrons. The first-order valence-corrected chi connectivity index (χ1v) is 9.87. The highest BCUT2D eigenvalue weighted by Crippen LogP contribution is 2.26. The third-order valence-electron chi connectivity index (χ3n) is 3.72. The summed E-state index contributed by atoms with van der Waals surface area (Å²) >= 11 is 10.6. The molecule has 2 aromatic heterocycles. The van der Waals surface area contributed by atoms with Crippen LogP contribution in [0.2, 0.25) is 5.02 Å². The van der Waals surface area contributed by atoms with Gasteiger partial charge in [-0.05, 0) is 42.0 Å². The van der Waals surface area contributed by atoms with Gasteiger partial charge in [-0.2, -0.15) is 5.10 Å². The maximum atomic E-state index is 12.3. The smallest absolute Gasteiger partial charge is 0.345 e. The summed E-state index contributed by atoms with van der Waals surface area (Å²) in [5.74, 6) is 0. The van der Waals surface area contributed by atoms with Gasteiger partial charge in [0.15, 0.2) is 0 Å². The number of fused-ring (bicyclic) bond motifs is 1. The average Bonchev–Trinajstić information content (AvgIpc) is 3.12. The second kappa shape index (κ2) is 7.64. The summed E-state index contributed by atoms with van der Waals surface area (Å²) in [6.07, 6.45) is 1.67. The number of aromatic nitrogens is 1. The Balaban J connectivity index is 1.57. The van der Waals surface area contributed by atoms with Crippen LogP contribution in [-0.4, -0.2) is 11.2 Å². The van der Waals surface area contributed by atoms with Crippen molar-refractivity contribution < 1.29 is 4.42 Å². The summed E-state index contributed by atoms with van der Waals surface area (Å²) < 4.78 is 6.30. The van der Waals surface area contributed by atoms with E-state index in [4.69, 9.17) is 16.0 Å². The van der Waals surface area contributed by atoms with Crippen LogP contribution in [0.5, 0.6) is 0 Å². The van der Waals surface area contributed by atoms with E-state index in [0.717, 1.165) is 15.4 Å². The van der Waals surface area contributed by atoms with Crippen molar-refractivity contribution in [2.45, 2.75) is 0 Å². The topological polar surface area (TPSA) is 67.5 Å². The fraction of sp³-hybridized carbons (Fsp3) is 0. The number of rotatable bonds is 4. The first-order valence-electron chi connectivity index (χ1n) is 7.82. The second-order valence-corrected chi connectivity index (χ2v) is 7.80. The summed E-state index contributed by atoms with van der Waals surface area (Å²) in [6, 6.07) is 14.6. The molecule has 0 fully saturated rings. The Morgan fingerprint density at radius 1 is 1.19 bits per heavy atom. The molecule has 5 nitrogen and oxygen atoms in total. The van der Waals surface area contributed by atoms with Crippen molar-refractivity contribution >= 4 is 61.2 Å². The van der Waals surface area contributed by atoms with E-state index >= 15 is 0 Å². The molecule has 1 N–H and O–H groups in total. The molecular formula is C19H11BrClN3O2S. The minimum Gasteiger partial charge on any atom is -0.422 e. The van der Waals surface area contributed by atoms with Crippen molar-refractivity contribution in [3.05, 3.63) is 79.4 Å². The van der Waals surface area contributed by atoms with Crippen LogP contribution in [0.1, 0.15) is 5.56 Å². The quantitative estimate of drug-likeness (QED) is 0.238. The molecule has 4 aromatic rings. The third-order valence-corrected chi connectivity index (χ3v) is 5.21. The Morgan fingerprint density at radius 3 is 2.81 bits per heavy atom. The number of hydrogen-bond donors (Lipinski definition) is 1. The molecule has 2 aromatic carbocycles. The van der Waals surface area contributed by atoms with Crippen LogP contribution in [-0.2, 0) is 0 Å². The van der Waals surface area contributed by atoms with Crippen molar-refractivity contribution in [1.82, 2.24) is 4.98 Å². The zero-order valence-corrected chi connectivity index (χ0v) is 16.8. The lowest BCUT2D eigenvalue weighted by atomic mass is 10.1. The number of nitrogens with one attached hydrogen (secondary N) is 1. The van der Waals surface area contributed by atoms with E-state index in [1.165, 1.54) is 11.3 Å². The highest BCUT2D eigenvalue weighted by molar-refractivity contribution is 9.10. The van der Waals surface area contributed by atoms with Gasteiger partial charge in [0.05, 0.1) is 17.5 Å². The third kappa shape index (κ3) is 4.10. The largest absolute Gasteiger partial charge is 0.422 e. The minimum absolute atomic E-state index is 0.409. The Labute approximate surface area is 171 Å². The second-order valence-electron chi connectivity index (χ2n) is 5.59. The van der Waals surface area contributed by atoms with Crippen LogP contribution in [0.25, 0.3) is 22.2 Å². The average molecular weight is 461 g/mol. The van der Waals surface area contributed by atoms with Gasteiger partial charge in [-0.1, -0.05) is 39.7 Å². The molecule has 0 spiro atoms. The SMILES string of the molecule is O=c1oc2ccc(Br)cc2cc1-c1csc(N/N=C\c2ccc(Cl)cc2)n1. The molecule has 0 atom stereocenters. The lowest BCUT2D eigenvalue weighted by molar-refractivity contribution is 0.563. The van der Waals surface area contributed by atoms with E-state index in [9.17, 15) is 4.79 Å². The van der Waals surface area contributed by atoms with Gasteiger partial charge in [-0.15, -0.1) is 11.3 Å². The highest BCUT2D eigenvalue weighted by atomic mass is 79.9. The van der Waals surface area contributed by atoms with E-state index in [-0.39, 0.29) is 0 Å². The molecule has 27 heavy (non-hydrogen) atoms. The summed E-state index contributed by atoms with van der Waals surface area (Å²) in [6.45, 7) is 0. The van der Waals surface area contributed by atoms with Gasteiger partial charge in [-0.25, -0.2) is 9.78 Å². The fourth-order valence-corrected chi connectivity index (χ4v) is 3.60. The van der Waals surface area contributed by atoms with E-state index < -0.39 is 5.63 Å². The molecule has 134 valence electrons. The van der Waals surface area contributed by atoms with Crippen molar-refractivity contribution in [2.75, 3.05) is 5.43 Å². The van der Waals surface area contributed by atoms with Gasteiger partial charge in [0.25, 0.3) is 0 Å². The van der Waals surface area contributed by atoms with Crippen molar-refractivity contribution in [2.24, 2.45) is 5.10 Å². The van der Waals surface area contributed by atoms with Crippen LogP contribution < -0.4 is 11.1 Å². The molecule has 0 unspecified atom stereocenters. The molecule has 2 heterocycles. The Bertz CT molecular complexity index is 1200. The molecule has 4 rings (SSSR count). The van der Waals surface area contributed by atoms with Gasteiger partial charge in [0, 0.05) is 20.3 Å². The van der Waals surface area contributed by atoms with Gasteiger partial charge in [-0.3, -0.25) is 5.43 Å². The van der Waals surface area contributed by atoms with Crippen LogP contribution in [0.15, 0.2) is 72.7 Å². The van der Waals surface area contributed by atoms with E-state index in [1.807, 2.05) is 24.3 Å². The van der Waals surface area contributed by atoms with E-state index in [0.29, 0.717) is 27.0 Å². The number of thiazole rings is 1. The zero-order valence-electron chi connectivity index (χ0n) is 13.6. The van der Waals surface area contributed by atoms with Crippen LogP contribution in [0.3, 0.4) is 0 Å². The Kier molecular flexibility index (Phi) is 5.07. The predicted molar refractivity (Wildman–Crippen MR) is 114 cm³/mol. The monoisotopic (exact) mass is 459 g/mol. The number of nitrogens with zero attached hydrogens (tertiary/aromatic N) is 2. The number of halogens is 2. The lowest BCUT2D eigenvalue weighted by Crippen LogP contribution is -2.03. The predicted octanol–water partition coefficient (Wildman–Crippen LogP) is 5.78. The number of hydrazone groups is 1. The Morgan fingerprint density at radius 2 is 2.00 bits per heavy atom. The van der Waals surface area contributed by atoms with Crippen molar-refractivity contribution in [3.8, 4) is 11.3 Å². The molecular weight excluding hydrogens is 450 g/mol. The maximum Gasteiger partial charge on any atom is 0.345 e. The van der Waals surface area contributed by atoms with Gasteiger partial charge in [0.1, 0.15) is 5.58 Å². The highest BCUT2D eigenvalue weighted by Gasteiger charge is 2.11. The number of hydrogen-bond acceptors (Lipinski definition) is 6. The Hall–Kier alpha value is -2.48. The molecule has 0 amide bonds. The maximum absolute atomic E-state index is 12.3. The summed E-state index contributed by atoms with van der Waals surface area (Å²) in [7, 11) is 0. The van der Waals surface area contributed by atoms with Crippen LogP contribution in [0.4, 0.5) is 5.13 Å². The fourth-order valence-electron chi connectivity index (χ4n) is 2.43. The molecule has 0 aliphatic rings. The summed E-state index contributed by atoms with van der Waals surface area (Å²) in [5, 5.41) is 8.01. The standard InChI is InChI=1S/C19H11BrClN3O2S/c20-13-3-6-17-12(7-13)8-15(18(25)26-17)16-10-27-19(23-16)24-22-9-11-1-4-14(21)5-2-11/h1-10H,(H,23,24)/b22-9-. The normalized spacial score (nSPS) is 11.3. The van der Waals surface area contributed by atoms with Gasteiger partial charge in [0.2, 0.25) is 5.13 Å². The first-order chi connectivity index (χ1) is 13.1. The summed E-state index contributed by atoms with van der Waals surface area (Å²) in [5.41, 5.74) is 4.84. The summed E-state index contributed by atoms with van der Waals surface area (Å²) in [4.78, 5) is 16.7. The first kappa shape index (κ1) is 17.9. The van der Waals surface area contributed by atoms with Crippen molar-refractivity contribution in [3.63, 3.8) is 0 Å². The number of anilines is 1. The van der Waals surface area contributed by atoms with Gasteiger partial charge < -0.3 is 4.42 Å². The molecule has 0 saturated heterocycles. The molecule has 0 aliphatic carbocycles. The van der Waals surface area contributed by atoms with E-state index in [1.54, 1.807) is 35.9 Å². The minimum atomic E-state index is -0.425. The molecule has 0 saturated carbocycles. The number of benzene rings is 2. The van der Waals surface area contributed by atoms with Crippen molar-refractivity contribution in [1.29, 1.82) is 0 Å². The lowest BCUT2D eigenvalue weighted by Gasteiger charge is -2.00. The molecule has 0 bridgehead atoms. The molecule has 8 heteroatoms. The van der Waals surface area contributed by atoms with Crippen LogP contribution >= 0.6 is 38.9 Å². The zero-order chi connectivity index (χ0) is 18.8.